The average Bonchev–Trinajstić information content (AvgIpc) is 3.01. The third kappa shape index (κ3) is 3.72. The molecule has 8 heteroatoms. The average molecular weight is 394 g/mol. The summed E-state index contributed by atoms with van der Waals surface area (Å²) in [5.41, 5.74) is 1.38. The van der Waals surface area contributed by atoms with Crippen molar-refractivity contribution in [2.75, 3.05) is 11.9 Å². The van der Waals surface area contributed by atoms with Crippen LogP contribution in [0.3, 0.4) is 0 Å². The van der Waals surface area contributed by atoms with E-state index in [4.69, 9.17) is 4.74 Å². The molecular formula is C16H13BrFN3O3. The Morgan fingerprint density at radius 3 is 3.00 bits per heavy atom. The van der Waals surface area contributed by atoms with Gasteiger partial charge in [-0.2, -0.15) is 5.10 Å². The van der Waals surface area contributed by atoms with Crippen LogP contribution in [0.4, 0.5) is 10.1 Å². The molecule has 1 atom stereocenters. The molecule has 1 heterocycles. The van der Waals surface area contributed by atoms with E-state index in [0.717, 1.165) is 10.9 Å². The van der Waals surface area contributed by atoms with Gasteiger partial charge in [0, 0.05) is 11.1 Å². The first kappa shape index (κ1) is 16.4. The van der Waals surface area contributed by atoms with Crippen molar-refractivity contribution < 1.29 is 19.0 Å². The van der Waals surface area contributed by atoms with Crippen molar-refractivity contribution in [2.45, 2.75) is 6.10 Å². The van der Waals surface area contributed by atoms with E-state index in [1.54, 1.807) is 24.4 Å². The second kappa shape index (κ2) is 6.98. The van der Waals surface area contributed by atoms with Crippen LogP contribution >= 0.6 is 15.9 Å². The summed E-state index contributed by atoms with van der Waals surface area (Å²) in [7, 11) is 0. The van der Waals surface area contributed by atoms with Crippen LogP contribution in [-0.4, -0.2) is 33.9 Å². The maximum absolute atomic E-state index is 13.0. The van der Waals surface area contributed by atoms with Crippen LogP contribution in [0, 0.1) is 5.82 Å². The Morgan fingerprint density at radius 2 is 2.21 bits per heavy atom. The number of anilines is 1. The molecule has 2 aromatic carbocycles. The van der Waals surface area contributed by atoms with Gasteiger partial charge < -0.3 is 15.2 Å². The molecule has 3 aromatic rings. The zero-order valence-corrected chi connectivity index (χ0v) is 13.9. The molecule has 0 spiro atoms. The van der Waals surface area contributed by atoms with Gasteiger partial charge in [0.05, 0.1) is 16.2 Å². The number of amides is 1. The molecule has 0 saturated heterocycles. The quantitative estimate of drug-likeness (QED) is 0.621. The Labute approximate surface area is 144 Å². The molecule has 1 aromatic heterocycles. The number of nitrogens with one attached hydrogen (secondary N) is 2. The van der Waals surface area contributed by atoms with E-state index in [0.29, 0.717) is 15.9 Å². The highest BCUT2D eigenvalue weighted by atomic mass is 79.9. The molecule has 0 radical (unpaired) electrons. The first-order valence-electron chi connectivity index (χ1n) is 7.03. The first-order valence-corrected chi connectivity index (χ1v) is 7.82. The van der Waals surface area contributed by atoms with Crippen LogP contribution in [0.15, 0.2) is 47.1 Å². The Balaban J connectivity index is 1.59. The summed E-state index contributed by atoms with van der Waals surface area (Å²) in [5.74, 6) is -0.679. The second-order valence-electron chi connectivity index (χ2n) is 5.06. The number of aliphatic hydroxyl groups is 1. The van der Waals surface area contributed by atoms with Crippen LogP contribution in [0.1, 0.15) is 0 Å². The number of ether oxygens (including phenoxy) is 1. The lowest BCUT2D eigenvalue weighted by molar-refractivity contribution is -0.125. The molecule has 3 rings (SSSR count). The number of hydrogen-bond donors (Lipinski definition) is 3. The molecule has 0 aliphatic carbocycles. The number of aromatic nitrogens is 2. The van der Waals surface area contributed by atoms with Gasteiger partial charge >= 0.3 is 0 Å². The lowest BCUT2D eigenvalue weighted by Gasteiger charge is -2.13. The number of hydrogen-bond acceptors (Lipinski definition) is 4. The highest BCUT2D eigenvalue weighted by Gasteiger charge is 2.17. The van der Waals surface area contributed by atoms with E-state index in [1.165, 1.54) is 18.2 Å². The highest BCUT2D eigenvalue weighted by Crippen LogP contribution is 2.25. The fourth-order valence-corrected chi connectivity index (χ4v) is 2.55. The van der Waals surface area contributed by atoms with Gasteiger partial charge in [-0.05, 0) is 52.3 Å². The largest absolute Gasteiger partial charge is 0.489 e. The van der Waals surface area contributed by atoms with Crippen molar-refractivity contribution in [1.82, 2.24) is 10.2 Å². The number of halogens is 2. The minimum Gasteiger partial charge on any atom is -0.489 e. The van der Waals surface area contributed by atoms with E-state index in [9.17, 15) is 14.3 Å². The van der Waals surface area contributed by atoms with Crippen molar-refractivity contribution in [2.24, 2.45) is 0 Å². The Bertz CT molecular complexity index is 884. The SMILES string of the molecule is O=C(Nc1ccc2[nH]ncc2c1)[C@H](O)COc1ccc(F)cc1Br. The topological polar surface area (TPSA) is 87.2 Å². The standard InChI is InChI=1S/C16H13BrFN3O3/c17-12-6-10(18)1-4-15(12)24-8-14(22)16(23)20-11-2-3-13-9(5-11)7-19-21-13/h1-7,14,22H,8H2,(H,19,21)(H,20,23)/t14-/m1/s1. The molecule has 0 saturated carbocycles. The summed E-state index contributed by atoms with van der Waals surface area (Å²) < 4.78 is 18.7. The van der Waals surface area contributed by atoms with Crippen LogP contribution in [0.5, 0.6) is 5.75 Å². The Morgan fingerprint density at radius 1 is 1.38 bits per heavy atom. The molecule has 0 aliphatic heterocycles. The summed E-state index contributed by atoms with van der Waals surface area (Å²) in [5, 5.41) is 20.1. The fraction of sp³-hybridized carbons (Fsp3) is 0.125. The summed E-state index contributed by atoms with van der Waals surface area (Å²) >= 11 is 3.15. The molecule has 0 bridgehead atoms. The van der Waals surface area contributed by atoms with E-state index >= 15 is 0 Å². The third-order valence-corrected chi connectivity index (χ3v) is 3.92. The predicted molar refractivity (Wildman–Crippen MR) is 90.3 cm³/mol. The number of aliphatic hydroxyl groups excluding tert-OH is 1. The second-order valence-corrected chi connectivity index (χ2v) is 5.92. The number of fused-ring (bicyclic) bond motifs is 1. The lowest BCUT2D eigenvalue weighted by atomic mass is 10.2. The van der Waals surface area contributed by atoms with Gasteiger partial charge in [0.15, 0.2) is 6.10 Å². The van der Waals surface area contributed by atoms with Crippen LogP contribution in [0.2, 0.25) is 0 Å². The smallest absolute Gasteiger partial charge is 0.256 e. The maximum atomic E-state index is 13.0. The Kier molecular flexibility index (Phi) is 4.77. The molecule has 1 amide bonds. The van der Waals surface area contributed by atoms with E-state index < -0.39 is 17.8 Å². The van der Waals surface area contributed by atoms with Gasteiger partial charge in [0.1, 0.15) is 18.2 Å². The number of benzene rings is 2. The monoisotopic (exact) mass is 393 g/mol. The number of carbonyl (C=O) groups excluding carboxylic acids is 1. The zero-order chi connectivity index (χ0) is 17.1. The molecule has 6 nitrogen and oxygen atoms in total. The fourth-order valence-electron chi connectivity index (χ4n) is 2.08. The van der Waals surface area contributed by atoms with Gasteiger partial charge in [-0.25, -0.2) is 4.39 Å². The third-order valence-electron chi connectivity index (χ3n) is 3.30. The van der Waals surface area contributed by atoms with Crippen LogP contribution < -0.4 is 10.1 Å². The van der Waals surface area contributed by atoms with Crippen molar-refractivity contribution in [3.05, 3.63) is 52.9 Å². The van der Waals surface area contributed by atoms with E-state index in [-0.39, 0.29) is 6.61 Å². The molecule has 0 aliphatic rings. The normalized spacial score (nSPS) is 12.1. The number of H-pyrrole nitrogens is 1. The predicted octanol–water partition coefficient (Wildman–Crippen LogP) is 2.84. The van der Waals surface area contributed by atoms with Crippen molar-refractivity contribution >= 4 is 38.4 Å². The molecule has 124 valence electrons. The molecule has 0 fully saturated rings. The summed E-state index contributed by atoms with van der Waals surface area (Å²) in [4.78, 5) is 12.0. The van der Waals surface area contributed by atoms with Gasteiger partial charge in [-0.3, -0.25) is 9.89 Å². The van der Waals surface area contributed by atoms with Crippen molar-refractivity contribution in [1.29, 1.82) is 0 Å². The minimum atomic E-state index is -1.37. The minimum absolute atomic E-state index is 0.260. The van der Waals surface area contributed by atoms with Gasteiger partial charge in [0.25, 0.3) is 5.91 Å². The zero-order valence-electron chi connectivity index (χ0n) is 12.3. The molecular weight excluding hydrogens is 381 g/mol. The molecule has 24 heavy (non-hydrogen) atoms. The van der Waals surface area contributed by atoms with Gasteiger partial charge in [0.2, 0.25) is 0 Å². The first-order chi connectivity index (χ1) is 11.5. The number of nitrogens with zero attached hydrogens (tertiary/aromatic N) is 1. The highest BCUT2D eigenvalue weighted by molar-refractivity contribution is 9.10. The maximum Gasteiger partial charge on any atom is 0.256 e. The lowest BCUT2D eigenvalue weighted by Crippen LogP contribution is -2.32. The summed E-state index contributed by atoms with van der Waals surface area (Å²) in [6.45, 7) is -0.260. The Hall–Kier alpha value is -2.45. The van der Waals surface area contributed by atoms with Gasteiger partial charge in [-0.1, -0.05) is 0 Å². The van der Waals surface area contributed by atoms with Crippen LogP contribution in [-0.2, 0) is 4.79 Å². The van der Waals surface area contributed by atoms with Crippen LogP contribution in [0.25, 0.3) is 10.9 Å². The number of carbonyl (C=O) groups is 1. The van der Waals surface area contributed by atoms with Gasteiger partial charge in [-0.15, -0.1) is 0 Å². The summed E-state index contributed by atoms with van der Waals surface area (Å²) in [6.07, 6.45) is 0.262. The van der Waals surface area contributed by atoms with Crippen molar-refractivity contribution in [3.8, 4) is 5.75 Å². The number of rotatable bonds is 5. The molecule has 0 unspecified atom stereocenters. The van der Waals surface area contributed by atoms with E-state index in [1.807, 2.05) is 0 Å². The molecule has 3 N–H and O–H groups in total. The number of aromatic amines is 1. The summed E-state index contributed by atoms with van der Waals surface area (Å²) in [6, 6.07) is 9.09. The van der Waals surface area contributed by atoms with E-state index in [2.05, 4.69) is 31.4 Å². The van der Waals surface area contributed by atoms with Crippen molar-refractivity contribution in [3.63, 3.8) is 0 Å².